The van der Waals surface area contributed by atoms with Gasteiger partial charge in [0, 0.05) is 10.6 Å². The number of aryl methyl sites for hydroxylation is 1. The van der Waals surface area contributed by atoms with Gasteiger partial charge in [0.15, 0.2) is 16.6 Å². The molecular formula is C14H11ClN6S. The molecule has 0 bridgehead atoms. The molecule has 3 aromatic heterocycles. The first-order chi connectivity index (χ1) is 10.6. The minimum Gasteiger partial charge on any atom is -0.375 e. The van der Waals surface area contributed by atoms with Crippen LogP contribution in [0.5, 0.6) is 0 Å². The van der Waals surface area contributed by atoms with E-state index in [9.17, 15) is 0 Å². The molecule has 0 fully saturated rings. The van der Waals surface area contributed by atoms with Gasteiger partial charge in [-0.05, 0) is 13.0 Å². The van der Waals surface area contributed by atoms with Gasteiger partial charge >= 0.3 is 0 Å². The topological polar surface area (TPSA) is 85.4 Å². The highest BCUT2D eigenvalue weighted by atomic mass is 35.5. The number of anilines is 1. The number of nitrogens with zero attached hydrogens (tertiary/aromatic N) is 4. The number of halogens is 1. The van der Waals surface area contributed by atoms with Crippen molar-refractivity contribution in [2.24, 2.45) is 0 Å². The maximum absolute atomic E-state index is 6.34. The fraction of sp³-hybridized carbons (Fsp3) is 0.0714. The van der Waals surface area contributed by atoms with Gasteiger partial charge in [-0.25, -0.2) is 9.97 Å². The van der Waals surface area contributed by atoms with Crippen LogP contribution in [0.3, 0.4) is 0 Å². The number of aromatic nitrogens is 5. The number of aromatic amines is 1. The van der Waals surface area contributed by atoms with Crippen molar-refractivity contribution in [1.82, 2.24) is 24.7 Å². The number of H-pyrrole nitrogens is 1. The molecule has 8 heteroatoms. The lowest BCUT2D eigenvalue weighted by Gasteiger charge is -2.08. The van der Waals surface area contributed by atoms with Crippen LogP contribution < -0.4 is 5.73 Å². The molecule has 4 aromatic rings. The van der Waals surface area contributed by atoms with Crippen molar-refractivity contribution in [2.75, 3.05) is 5.73 Å². The van der Waals surface area contributed by atoms with Crippen molar-refractivity contribution in [3.63, 3.8) is 0 Å². The molecule has 0 atom stereocenters. The van der Waals surface area contributed by atoms with E-state index in [0.29, 0.717) is 15.8 Å². The smallest absolute Gasteiger partial charge is 0.182 e. The lowest BCUT2D eigenvalue weighted by molar-refractivity contribution is 0.968. The van der Waals surface area contributed by atoms with Gasteiger partial charge < -0.3 is 5.73 Å². The second kappa shape index (κ2) is 4.82. The molecule has 1 aromatic carbocycles. The molecule has 22 heavy (non-hydrogen) atoms. The Kier molecular flexibility index (Phi) is 2.91. The van der Waals surface area contributed by atoms with Gasteiger partial charge in [-0.3, -0.25) is 9.67 Å². The standard InChI is InChI=1S/C14H11ClN6S/c1-7-10(8-4-2-3-5-9(8)15)21(6-17-7)13-11-12(19-20-13)18-14(16)22-11/h2-6H,1H3,(H3,16,18,19,20). The second-order valence-corrected chi connectivity index (χ2v) is 6.24. The molecule has 0 unspecified atom stereocenters. The largest absolute Gasteiger partial charge is 0.375 e. The Morgan fingerprint density at radius 2 is 2.14 bits per heavy atom. The van der Waals surface area contributed by atoms with Crippen molar-refractivity contribution < 1.29 is 0 Å². The number of nitrogens with two attached hydrogens (primary N) is 1. The summed E-state index contributed by atoms with van der Waals surface area (Å²) in [5, 5.41) is 8.41. The number of thiazole rings is 1. The number of nitrogens with one attached hydrogen (secondary N) is 1. The van der Waals surface area contributed by atoms with Crippen LogP contribution in [-0.2, 0) is 0 Å². The number of fused-ring (bicyclic) bond motifs is 1. The van der Waals surface area contributed by atoms with Crippen molar-refractivity contribution in [3.8, 4) is 17.1 Å². The van der Waals surface area contributed by atoms with E-state index in [4.69, 9.17) is 17.3 Å². The quantitative estimate of drug-likeness (QED) is 0.589. The van der Waals surface area contributed by atoms with Crippen LogP contribution >= 0.6 is 22.9 Å². The van der Waals surface area contributed by atoms with Crippen LogP contribution in [0.2, 0.25) is 5.02 Å². The Balaban J connectivity index is 2.00. The fourth-order valence-electron chi connectivity index (χ4n) is 2.46. The summed E-state index contributed by atoms with van der Waals surface area (Å²) < 4.78 is 2.80. The third-order valence-corrected chi connectivity index (χ3v) is 4.63. The first kappa shape index (κ1) is 13.3. The Labute approximate surface area is 134 Å². The summed E-state index contributed by atoms with van der Waals surface area (Å²) in [7, 11) is 0. The Morgan fingerprint density at radius 3 is 2.95 bits per heavy atom. The highest BCUT2D eigenvalue weighted by molar-refractivity contribution is 7.22. The van der Waals surface area contributed by atoms with Gasteiger partial charge in [0.2, 0.25) is 0 Å². The Bertz CT molecular complexity index is 982. The summed E-state index contributed by atoms with van der Waals surface area (Å²) in [6.07, 6.45) is 1.74. The van der Waals surface area contributed by atoms with E-state index in [1.54, 1.807) is 6.33 Å². The molecular weight excluding hydrogens is 320 g/mol. The summed E-state index contributed by atoms with van der Waals surface area (Å²) in [5.41, 5.74) is 9.14. The van der Waals surface area contributed by atoms with Gasteiger partial charge in [-0.15, -0.1) is 0 Å². The molecule has 0 spiro atoms. The van der Waals surface area contributed by atoms with Gasteiger partial charge in [0.25, 0.3) is 0 Å². The Hall–Kier alpha value is -2.38. The van der Waals surface area contributed by atoms with Crippen molar-refractivity contribution in [1.29, 1.82) is 0 Å². The minimum atomic E-state index is 0.501. The molecule has 4 rings (SSSR count). The maximum Gasteiger partial charge on any atom is 0.182 e. The van der Waals surface area contributed by atoms with Crippen LogP contribution in [0.15, 0.2) is 30.6 Å². The highest BCUT2D eigenvalue weighted by Crippen LogP contribution is 2.34. The van der Waals surface area contributed by atoms with E-state index in [1.807, 2.05) is 35.8 Å². The molecule has 6 nitrogen and oxygen atoms in total. The summed E-state index contributed by atoms with van der Waals surface area (Å²) in [5.74, 6) is 0.722. The number of hydrogen-bond acceptors (Lipinski definition) is 5. The van der Waals surface area contributed by atoms with E-state index in [2.05, 4.69) is 20.2 Å². The van der Waals surface area contributed by atoms with E-state index in [1.165, 1.54) is 11.3 Å². The molecule has 0 saturated carbocycles. The summed E-state index contributed by atoms with van der Waals surface area (Å²) in [4.78, 5) is 8.61. The molecule has 110 valence electrons. The third kappa shape index (κ3) is 1.90. The zero-order chi connectivity index (χ0) is 15.3. The average molecular weight is 331 g/mol. The van der Waals surface area contributed by atoms with Crippen molar-refractivity contribution >= 4 is 38.4 Å². The van der Waals surface area contributed by atoms with E-state index in [-0.39, 0.29) is 0 Å². The van der Waals surface area contributed by atoms with Gasteiger partial charge in [0.05, 0.1) is 11.4 Å². The number of imidazole rings is 1. The van der Waals surface area contributed by atoms with E-state index >= 15 is 0 Å². The SMILES string of the molecule is Cc1ncn(-c2n[nH]c3nc(N)sc23)c1-c1ccccc1Cl. The van der Waals surface area contributed by atoms with Crippen LogP contribution in [-0.4, -0.2) is 24.7 Å². The summed E-state index contributed by atoms with van der Waals surface area (Å²) in [6, 6.07) is 7.67. The number of nitrogen functional groups attached to an aromatic ring is 1. The molecule has 0 saturated heterocycles. The molecule has 0 amide bonds. The maximum atomic E-state index is 6.34. The van der Waals surface area contributed by atoms with Gasteiger partial charge in [-0.1, -0.05) is 41.1 Å². The highest BCUT2D eigenvalue weighted by Gasteiger charge is 2.19. The third-order valence-electron chi connectivity index (χ3n) is 3.42. The normalized spacial score (nSPS) is 11.4. The van der Waals surface area contributed by atoms with Crippen LogP contribution in [0.25, 0.3) is 27.4 Å². The molecule has 0 radical (unpaired) electrons. The van der Waals surface area contributed by atoms with Gasteiger partial charge in [0.1, 0.15) is 11.0 Å². The summed E-state index contributed by atoms with van der Waals surface area (Å²) >= 11 is 7.73. The zero-order valence-corrected chi connectivity index (χ0v) is 13.1. The predicted molar refractivity (Wildman–Crippen MR) is 88.5 cm³/mol. The Morgan fingerprint density at radius 1 is 1.32 bits per heavy atom. The molecule has 3 heterocycles. The fourth-order valence-corrected chi connectivity index (χ4v) is 3.45. The summed E-state index contributed by atoms with van der Waals surface area (Å²) in [6.45, 7) is 1.94. The first-order valence-corrected chi connectivity index (χ1v) is 7.74. The van der Waals surface area contributed by atoms with Gasteiger partial charge in [-0.2, -0.15) is 5.10 Å². The minimum absolute atomic E-state index is 0.501. The number of benzene rings is 1. The molecule has 0 aliphatic carbocycles. The van der Waals surface area contributed by atoms with E-state index in [0.717, 1.165) is 27.5 Å². The monoisotopic (exact) mass is 330 g/mol. The molecule has 0 aliphatic heterocycles. The van der Waals surface area contributed by atoms with Crippen LogP contribution in [0, 0.1) is 6.92 Å². The average Bonchev–Trinajstić information content (AvgIpc) is 3.14. The molecule has 0 aliphatic rings. The molecule has 3 N–H and O–H groups in total. The van der Waals surface area contributed by atoms with Crippen molar-refractivity contribution in [2.45, 2.75) is 6.92 Å². The first-order valence-electron chi connectivity index (χ1n) is 6.54. The number of hydrogen-bond donors (Lipinski definition) is 2. The zero-order valence-electron chi connectivity index (χ0n) is 11.5. The number of rotatable bonds is 2. The lowest BCUT2D eigenvalue weighted by Crippen LogP contribution is -1.97. The lowest BCUT2D eigenvalue weighted by atomic mass is 10.1. The van der Waals surface area contributed by atoms with Crippen LogP contribution in [0.1, 0.15) is 5.69 Å². The van der Waals surface area contributed by atoms with Crippen molar-refractivity contribution in [3.05, 3.63) is 41.3 Å². The predicted octanol–water partition coefficient (Wildman–Crippen LogP) is 3.42. The van der Waals surface area contributed by atoms with Crippen LogP contribution in [0.4, 0.5) is 5.13 Å². The second-order valence-electron chi connectivity index (χ2n) is 4.81. The van der Waals surface area contributed by atoms with E-state index < -0.39 is 0 Å².